The van der Waals surface area contributed by atoms with Gasteiger partial charge < -0.3 is 9.47 Å². The van der Waals surface area contributed by atoms with E-state index in [9.17, 15) is 19.3 Å². The zero-order chi connectivity index (χ0) is 23.8. The lowest BCUT2D eigenvalue weighted by Crippen LogP contribution is -2.20. The minimum absolute atomic E-state index is 0.0438. The Balaban J connectivity index is 1.66. The number of nitrogens with one attached hydrogen (secondary N) is 1. The second kappa shape index (κ2) is 11.1. The predicted molar refractivity (Wildman–Crippen MR) is 121 cm³/mol. The summed E-state index contributed by atoms with van der Waals surface area (Å²) in [5.41, 5.74) is 3.32. The molecule has 0 spiro atoms. The number of hydrogen-bond donors (Lipinski definition) is 1. The maximum atomic E-state index is 13.8. The van der Waals surface area contributed by atoms with Gasteiger partial charge in [0.05, 0.1) is 29.7 Å². The minimum atomic E-state index is -0.546. The number of ether oxygens (including phenoxy) is 2. The molecule has 3 aromatic carbocycles. The highest BCUT2D eigenvalue weighted by Crippen LogP contribution is 2.36. The van der Waals surface area contributed by atoms with E-state index in [4.69, 9.17) is 21.1 Å². The number of nitro groups is 1. The number of carbonyl (C=O) groups excluding carboxylic acids is 1. The summed E-state index contributed by atoms with van der Waals surface area (Å²) in [5.74, 6) is -0.386. The summed E-state index contributed by atoms with van der Waals surface area (Å²) in [4.78, 5) is 22.6. The van der Waals surface area contributed by atoms with Crippen LogP contribution in [-0.4, -0.2) is 24.2 Å². The Hall–Kier alpha value is -3.98. The van der Waals surface area contributed by atoms with Gasteiger partial charge in [0.2, 0.25) is 5.91 Å². The van der Waals surface area contributed by atoms with E-state index in [2.05, 4.69) is 10.5 Å². The molecule has 0 aliphatic heterocycles. The molecule has 0 atom stereocenters. The van der Waals surface area contributed by atoms with Crippen LogP contribution in [0.5, 0.6) is 11.5 Å². The predicted octanol–water partition coefficient (Wildman–Crippen LogP) is 4.67. The number of benzene rings is 3. The van der Waals surface area contributed by atoms with Gasteiger partial charge in [0.1, 0.15) is 12.4 Å². The van der Waals surface area contributed by atoms with Crippen LogP contribution in [0.15, 0.2) is 65.8 Å². The van der Waals surface area contributed by atoms with E-state index in [1.54, 1.807) is 36.4 Å². The fourth-order valence-corrected chi connectivity index (χ4v) is 3.22. The summed E-state index contributed by atoms with van der Waals surface area (Å²) in [5, 5.41) is 15.1. The molecule has 3 aromatic rings. The van der Waals surface area contributed by atoms with Gasteiger partial charge in [0.15, 0.2) is 11.5 Å². The van der Waals surface area contributed by atoms with Gasteiger partial charge in [-0.25, -0.2) is 9.82 Å². The van der Waals surface area contributed by atoms with Crippen LogP contribution in [0.1, 0.15) is 16.7 Å². The van der Waals surface area contributed by atoms with Crippen LogP contribution in [0, 0.1) is 15.9 Å². The van der Waals surface area contributed by atoms with Crippen LogP contribution in [0.4, 0.5) is 10.1 Å². The Bertz CT molecular complexity index is 1200. The summed E-state index contributed by atoms with van der Waals surface area (Å²) in [6.45, 7) is -0.0438. The lowest BCUT2D eigenvalue weighted by Gasteiger charge is -2.13. The third-order valence-corrected chi connectivity index (χ3v) is 4.80. The van der Waals surface area contributed by atoms with Crippen molar-refractivity contribution in [3.8, 4) is 11.5 Å². The zero-order valence-corrected chi connectivity index (χ0v) is 18.2. The highest BCUT2D eigenvalue weighted by molar-refractivity contribution is 6.32. The Morgan fingerprint density at radius 3 is 2.58 bits per heavy atom. The Labute approximate surface area is 193 Å². The summed E-state index contributed by atoms with van der Waals surface area (Å²) >= 11 is 6.30. The maximum Gasteiger partial charge on any atom is 0.273 e. The fourth-order valence-electron chi connectivity index (χ4n) is 2.95. The standard InChI is InChI=1S/C23H19ClFN3O5/c1-32-21-11-15(10-18(24)23(21)33-14-17-7-2-4-8-19(17)25)13-26-27-22(29)12-16-6-3-5-9-20(16)28(30)31/h2-11,13H,12,14H2,1H3,(H,27,29)/b26-13+. The van der Waals surface area contributed by atoms with E-state index < -0.39 is 16.6 Å². The Morgan fingerprint density at radius 2 is 1.88 bits per heavy atom. The third kappa shape index (κ3) is 6.27. The first-order valence-electron chi connectivity index (χ1n) is 9.67. The van der Waals surface area contributed by atoms with Gasteiger partial charge in [-0.05, 0) is 23.8 Å². The normalized spacial score (nSPS) is 10.8. The number of rotatable bonds is 9. The van der Waals surface area contributed by atoms with Crippen molar-refractivity contribution >= 4 is 29.4 Å². The first-order chi connectivity index (χ1) is 15.9. The summed E-state index contributed by atoms with van der Waals surface area (Å²) < 4.78 is 24.8. The van der Waals surface area contributed by atoms with Gasteiger partial charge in [-0.15, -0.1) is 0 Å². The molecule has 0 saturated heterocycles. The fraction of sp³-hybridized carbons (Fsp3) is 0.130. The number of amides is 1. The molecule has 170 valence electrons. The monoisotopic (exact) mass is 471 g/mol. The van der Waals surface area contributed by atoms with Crippen LogP contribution in [0.2, 0.25) is 5.02 Å². The molecule has 0 radical (unpaired) electrons. The quantitative estimate of drug-likeness (QED) is 0.277. The van der Waals surface area contributed by atoms with Crippen molar-refractivity contribution in [2.45, 2.75) is 13.0 Å². The number of halogens is 2. The third-order valence-electron chi connectivity index (χ3n) is 4.52. The van der Waals surface area contributed by atoms with Gasteiger partial charge in [0.25, 0.3) is 5.69 Å². The number of hydrazone groups is 1. The van der Waals surface area contributed by atoms with Crippen LogP contribution in [0.3, 0.4) is 0 Å². The molecule has 0 aromatic heterocycles. The molecule has 0 aliphatic rings. The molecule has 0 aliphatic carbocycles. The van der Waals surface area contributed by atoms with Crippen molar-refractivity contribution in [1.29, 1.82) is 0 Å². The van der Waals surface area contributed by atoms with Crippen molar-refractivity contribution < 1.29 is 23.6 Å². The molecular formula is C23H19ClFN3O5. The average molecular weight is 472 g/mol. The molecule has 0 bridgehead atoms. The van der Waals surface area contributed by atoms with Crippen LogP contribution in [-0.2, 0) is 17.8 Å². The van der Waals surface area contributed by atoms with E-state index >= 15 is 0 Å². The van der Waals surface area contributed by atoms with Gasteiger partial charge in [-0.2, -0.15) is 5.10 Å². The highest BCUT2D eigenvalue weighted by Gasteiger charge is 2.16. The second-order valence-corrected chi connectivity index (χ2v) is 7.18. The summed E-state index contributed by atoms with van der Waals surface area (Å²) in [7, 11) is 1.43. The van der Waals surface area contributed by atoms with Crippen LogP contribution >= 0.6 is 11.6 Å². The SMILES string of the molecule is COc1cc(/C=N/NC(=O)Cc2ccccc2[N+](=O)[O-])cc(Cl)c1OCc1ccccc1F. The lowest BCUT2D eigenvalue weighted by molar-refractivity contribution is -0.385. The van der Waals surface area contributed by atoms with Crippen molar-refractivity contribution in [3.05, 3.63) is 98.3 Å². The highest BCUT2D eigenvalue weighted by atomic mass is 35.5. The number of hydrogen-bond acceptors (Lipinski definition) is 6. The molecule has 8 nitrogen and oxygen atoms in total. The topological polar surface area (TPSA) is 103 Å². The number of nitro benzene ring substituents is 1. The summed E-state index contributed by atoms with van der Waals surface area (Å²) in [6.07, 6.45) is 1.13. The van der Waals surface area contributed by atoms with E-state index in [-0.39, 0.29) is 35.1 Å². The van der Waals surface area contributed by atoms with Gasteiger partial charge in [-0.1, -0.05) is 48.0 Å². The molecule has 0 unspecified atom stereocenters. The molecule has 10 heteroatoms. The zero-order valence-electron chi connectivity index (χ0n) is 17.5. The smallest absolute Gasteiger partial charge is 0.273 e. The molecule has 3 rings (SSSR count). The molecule has 0 fully saturated rings. The first-order valence-corrected chi connectivity index (χ1v) is 10.0. The molecule has 33 heavy (non-hydrogen) atoms. The second-order valence-electron chi connectivity index (χ2n) is 6.77. The number of para-hydroxylation sites is 1. The van der Waals surface area contributed by atoms with E-state index in [1.807, 2.05) is 0 Å². The number of carbonyl (C=O) groups is 1. The summed E-state index contributed by atoms with van der Waals surface area (Å²) in [6, 6.07) is 15.3. The molecule has 1 amide bonds. The minimum Gasteiger partial charge on any atom is -0.493 e. The van der Waals surface area contributed by atoms with Crippen molar-refractivity contribution in [1.82, 2.24) is 5.43 Å². The van der Waals surface area contributed by atoms with Crippen molar-refractivity contribution in [2.75, 3.05) is 7.11 Å². The van der Waals surface area contributed by atoms with E-state index in [0.717, 1.165) is 0 Å². The average Bonchev–Trinajstić information content (AvgIpc) is 2.79. The van der Waals surface area contributed by atoms with Crippen LogP contribution < -0.4 is 14.9 Å². The van der Waals surface area contributed by atoms with Crippen molar-refractivity contribution in [3.63, 3.8) is 0 Å². The van der Waals surface area contributed by atoms with Gasteiger partial charge in [0, 0.05) is 17.2 Å². The van der Waals surface area contributed by atoms with E-state index in [0.29, 0.717) is 16.9 Å². The first kappa shape index (κ1) is 23.7. The largest absolute Gasteiger partial charge is 0.493 e. The molecule has 1 N–H and O–H groups in total. The van der Waals surface area contributed by atoms with Crippen LogP contribution in [0.25, 0.3) is 0 Å². The van der Waals surface area contributed by atoms with Crippen molar-refractivity contribution in [2.24, 2.45) is 5.10 Å². The van der Waals surface area contributed by atoms with Gasteiger partial charge in [-0.3, -0.25) is 14.9 Å². The molecule has 0 heterocycles. The Morgan fingerprint density at radius 1 is 1.18 bits per heavy atom. The van der Waals surface area contributed by atoms with Gasteiger partial charge >= 0.3 is 0 Å². The Kier molecular flexibility index (Phi) is 7.93. The number of nitrogens with zero attached hydrogens (tertiary/aromatic N) is 2. The lowest BCUT2D eigenvalue weighted by atomic mass is 10.1. The maximum absolute atomic E-state index is 13.8. The number of methoxy groups -OCH3 is 1. The molecule has 0 saturated carbocycles. The van der Waals surface area contributed by atoms with E-state index in [1.165, 1.54) is 37.6 Å². The molecular weight excluding hydrogens is 453 g/mol.